The summed E-state index contributed by atoms with van der Waals surface area (Å²) < 4.78 is 41.3. The van der Waals surface area contributed by atoms with Crippen LogP contribution in [0.15, 0.2) is 58.4 Å². The van der Waals surface area contributed by atoms with E-state index in [1.54, 1.807) is 64.2 Å². The summed E-state index contributed by atoms with van der Waals surface area (Å²) in [5.74, 6) is 0.325. The molecule has 0 aliphatic rings. The van der Waals surface area contributed by atoms with E-state index in [0.717, 1.165) is 5.56 Å². The molecule has 0 amide bonds. The number of guanidine groups is 1. The summed E-state index contributed by atoms with van der Waals surface area (Å²) in [5, 5.41) is 3.20. The van der Waals surface area contributed by atoms with E-state index in [9.17, 15) is 12.8 Å². The van der Waals surface area contributed by atoms with Gasteiger partial charge in [-0.3, -0.25) is 4.99 Å². The topological polar surface area (TPSA) is 73.8 Å². The summed E-state index contributed by atoms with van der Waals surface area (Å²) in [6.45, 7) is 6.24. The van der Waals surface area contributed by atoms with Crippen LogP contribution in [-0.2, 0) is 23.1 Å². The highest BCUT2D eigenvalue weighted by Gasteiger charge is 2.24. The highest BCUT2D eigenvalue weighted by Crippen LogP contribution is 2.18. The first kappa shape index (κ1) is 22.8. The second-order valence-corrected chi connectivity index (χ2v) is 9.50. The Balaban J connectivity index is 2.13. The van der Waals surface area contributed by atoms with Gasteiger partial charge in [-0.15, -0.1) is 0 Å². The summed E-state index contributed by atoms with van der Waals surface area (Å²) in [5.41, 5.74) is 1.000. The molecule has 0 radical (unpaired) electrons. The zero-order chi connectivity index (χ0) is 21.7. The maximum absolute atomic E-state index is 13.1. The molecule has 0 heterocycles. The lowest BCUT2D eigenvalue weighted by Gasteiger charge is -2.24. The zero-order valence-corrected chi connectivity index (χ0v) is 18.3. The van der Waals surface area contributed by atoms with Crippen molar-refractivity contribution in [1.29, 1.82) is 0 Å². The molecule has 2 N–H and O–H groups in total. The zero-order valence-electron chi connectivity index (χ0n) is 17.5. The fourth-order valence-electron chi connectivity index (χ4n) is 2.87. The SMILES string of the molecule is CN=C(NCc1ccccc1S(=O)(=O)NC(C)(C)C)N(C)Cc1ccc(F)cc1. The maximum atomic E-state index is 13.1. The second-order valence-electron chi connectivity index (χ2n) is 7.85. The van der Waals surface area contributed by atoms with Crippen molar-refractivity contribution in [2.45, 2.75) is 44.3 Å². The van der Waals surface area contributed by atoms with Crippen LogP contribution in [-0.4, -0.2) is 38.9 Å². The van der Waals surface area contributed by atoms with Gasteiger partial charge in [-0.2, -0.15) is 0 Å². The summed E-state index contributed by atoms with van der Waals surface area (Å²) in [6.07, 6.45) is 0. The summed E-state index contributed by atoms with van der Waals surface area (Å²) >= 11 is 0. The van der Waals surface area contributed by atoms with E-state index >= 15 is 0 Å². The summed E-state index contributed by atoms with van der Waals surface area (Å²) in [6, 6.07) is 13.2. The van der Waals surface area contributed by atoms with Crippen molar-refractivity contribution in [3.63, 3.8) is 0 Å². The molecular weight excluding hydrogens is 391 g/mol. The Bertz CT molecular complexity index is 951. The first-order chi connectivity index (χ1) is 13.5. The van der Waals surface area contributed by atoms with Gasteiger partial charge in [0.1, 0.15) is 5.82 Å². The molecule has 29 heavy (non-hydrogen) atoms. The molecule has 2 aromatic rings. The van der Waals surface area contributed by atoms with Crippen LogP contribution in [0.1, 0.15) is 31.9 Å². The predicted molar refractivity (Wildman–Crippen MR) is 115 cm³/mol. The van der Waals surface area contributed by atoms with E-state index < -0.39 is 15.6 Å². The molecular formula is C21H29FN4O2S. The van der Waals surface area contributed by atoms with Crippen molar-refractivity contribution in [1.82, 2.24) is 14.9 Å². The van der Waals surface area contributed by atoms with Crippen molar-refractivity contribution in [2.75, 3.05) is 14.1 Å². The third kappa shape index (κ3) is 6.83. The van der Waals surface area contributed by atoms with Gasteiger partial charge in [0.15, 0.2) is 5.96 Å². The average Bonchev–Trinajstić information content (AvgIpc) is 2.62. The average molecular weight is 421 g/mol. The van der Waals surface area contributed by atoms with Gasteiger partial charge >= 0.3 is 0 Å². The van der Waals surface area contributed by atoms with Crippen LogP contribution in [0.25, 0.3) is 0 Å². The van der Waals surface area contributed by atoms with Gasteiger partial charge in [0.25, 0.3) is 0 Å². The molecule has 0 saturated heterocycles. The number of benzene rings is 2. The number of hydrogen-bond donors (Lipinski definition) is 2. The Labute approximate surface area is 172 Å². The molecule has 0 aliphatic carbocycles. The number of sulfonamides is 1. The number of halogens is 1. The predicted octanol–water partition coefficient (Wildman–Crippen LogP) is 3.11. The monoisotopic (exact) mass is 420 g/mol. The third-order valence-corrected chi connectivity index (χ3v) is 5.90. The highest BCUT2D eigenvalue weighted by molar-refractivity contribution is 7.89. The minimum absolute atomic E-state index is 0.235. The summed E-state index contributed by atoms with van der Waals surface area (Å²) in [4.78, 5) is 6.38. The van der Waals surface area contributed by atoms with Crippen LogP contribution in [0.3, 0.4) is 0 Å². The Morgan fingerprint density at radius 3 is 2.31 bits per heavy atom. The van der Waals surface area contributed by atoms with Crippen LogP contribution >= 0.6 is 0 Å². The van der Waals surface area contributed by atoms with Crippen LogP contribution in [0.2, 0.25) is 0 Å². The number of hydrogen-bond acceptors (Lipinski definition) is 3. The number of nitrogens with zero attached hydrogens (tertiary/aromatic N) is 2. The van der Waals surface area contributed by atoms with Crippen LogP contribution in [0.4, 0.5) is 4.39 Å². The van der Waals surface area contributed by atoms with Crippen molar-refractivity contribution >= 4 is 16.0 Å². The van der Waals surface area contributed by atoms with Crippen LogP contribution in [0.5, 0.6) is 0 Å². The fourth-order valence-corrected chi connectivity index (χ4v) is 4.53. The first-order valence-electron chi connectivity index (χ1n) is 9.30. The molecule has 0 atom stereocenters. The van der Waals surface area contributed by atoms with Crippen molar-refractivity contribution in [3.05, 3.63) is 65.5 Å². The van der Waals surface area contributed by atoms with E-state index in [4.69, 9.17) is 0 Å². The standard InChI is InChI=1S/C21H29FN4O2S/c1-21(2,3)25-29(27,28)19-9-7-6-8-17(19)14-24-20(23-4)26(5)15-16-10-12-18(22)13-11-16/h6-13,25H,14-15H2,1-5H3,(H,23,24). The van der Waals surface area contributed by atoms with E-state index in [1.165, 1.54) is 12.1 Å². The second kappa shape index (κ2) is 9.37. The molecule has 0 unspecified atom stereocenters. The van der Waals surface area contributed by atoms with Crippen molar-refractivity contribution in [3.8, 4) is 0 Å². The molecule has 2 aromatic carbocycles. The molecule has 0 spiro atoms. The Morgan fingerprint density at radius 2 is 1.72 bits per heavy atom. The number of rotatable bonds is 6. The van der Waals surface area contributed by atoms with Gasteiger partial charge in [-0.25, -0.2) is 17.5 Å². The summed E-state index contributed by atoms with van der Waals surface area (Å²) in [7, 11) is -0.132. The normalized spacial score (nSPS) is 12.7. The smallest absolute Gasteiger partial charge is 0.241 e. The number of aliphatic imine (C=N–C) groups is 1. The molecule has 8 heteroatoms. The van der Waals surface area contributed by atoms with E-state index in [0.29, 0.717) is 24.6 Å². The fraction of sp³-hybridized carbons (Fsp3) is 0.381. The molecule has 0 bridgehead atoms. The molecule has 2 rings (SSSR count). The van der Waals surface area contributed by atoms with Gasteiger partial charge in [-0.1, -0.05) is 30.3 Å². The van der Waals surface area contributed by atoms with Gasteiger partial charge in [0, 0.05) is 32.7 Å². The van der Waals surface area contributed by atoms with Crippen LogP contribution in [0, 0.1) is 5.82 Å². The van der Waals surface area contributed by atoms with E-state index in [-0.39, 0.29) is 10.7 Å². The van der Waals surface area contributed by atoms with Gasteiger partial charge in [0.2, 0.25) is 10.0 Å². The quantitative estimate of drug-likeness (QED) is 0.556. The molecule has 0 fully saturated rings. The number of nitrogens with one attached hydrogen (secondary N) is 2. The third-order valence-electron chi connectivity index (χ3n) is 4.05. The van der Waals surface area contributed by atoms with Gasteiger partial charge in [0.05, 0.1) is 4.90 Å². The van der Waals surface area contributed by atoms with E-state index in [1.807, 2.05) is 11.9 Å². The Hall–Kier alpha value is -2.45. The van der Waals surface area contributed by atoms with Gasteiger partial charge < -0.3 is 10.2 Å². The lowest BCUT2D eigenvalue weighted by atomic mass is 10.1. The largest absolute Gasteiger partial charge is 0.352 e. The van der Waals surface area contributed by atoms with Gasteiger partial charge in [-0.05, 0) is 50.1 Å². The Kier molecular flexibility index (Phi) is 7.37. The van der Waals surface area contributed by atoms with Crippen LogP contribution < -0.4 is 10.0 Å². The molecule has 6 nitrogen and oxygen atoms in total. The molecule has 0 saturated carbocycles. The minimum Gasteiger partial charge on any atom is -0.352 e. The Morgan fingerprint density at radius 1 is 1.10 bits per heavy atom. The highest BCUT2D eigenvalue weighted by atomic mass is 32.2. The molecule has 158 valence electrons. The van der Waals surface area contributed by atoms with E-state index in [2.05, 4.69) is 15.0 Å². The lowest BCUT2D eigenvalue weighted by molar-refractivity contribution is 0.475. The minimum atomic E-state index is -3.66. The first-order valence-corrected chi connectivity index (χ1v) is 10.8. The maximum Gasteiger partial charge on any atom is 0.241 e. The molecule has 0 aromatic heterocycles. The lowest BCUT2D eigenvalue weighted by Crippen LogP contribution is -2.41. The van der Waals surface area contributed by atoms with Crippen molar-refractivity contribution in [2.24, 2.45) is 4.99 Å². The molecule has 0 aliphatic heterocycles. The van der Waals surface area contributed by atoms with Crippen molar-refractivity contribution < 1.29 is 12.8 Å².